The number of thiophene rings is 1. The summed E-state index contributed by atoms with van der Waals surface area (Å²) in [5.74, 6) is 0. The molecule has 0 spiro atoms. The Hall–Kier alpha value is -2.58. The number of benzene rings is 2. The van der Waals surface area contributed by atoms with E-state index in [-0.39, 0.29) is 0 Å². The summed E-state index contributed by atoms with van der Waals surface area (Å²) in [5, 5.41) is 2.25. The highest BCUT2D eigenvalue weighted by molar-refractivity contribution is 7.11. The number of hydrogen-bond donors (Lipinski definition) is 0. The van der Waals surface area contributed by atoms with Gasteiger partial charge in [0.1, 0.15) is 0 Å². The summed E-state index contributed by atoms with van der Waals surface area (Å²) in [7, 11) is 0. The molecule has 0 radical (unpaired) electrons. The summed E-state index contributed by atoms with van der Waals surface area (Å²) in [6, 6.07) is 23.5. The molecule has 1 heterocycles. The number of aryl methyl sites for hydroxylation is 1. The van der Waals surface area contributed by atoms with Crippen molar-refractivity contribution in [1.29, 1.82) is 0 Å². The Balaban J connectivity index is 1.73. The molecule has 0 aliphatic rings. The van der Waals surface area contributed by atoms with Crippen molar-refractivity contribution in [3.8, 4) is 0 Å². The smallest absolute Gasteiger partial charge is 0.0458 e. The molecule has 1 nitrogen and oxygen atoms in total. The first kappa shape index (κ1) is 24.1. The number of allylic oxidation sites excluding steroid dienone is 4. The molecule has 1 aromatic heterocycles. The van der Waals surface area contributed by atoms with Gasteiger partial charge < -0.3 is 4.90 Å². The van der Waals surface area contributed by atoms with Crippen LogP contribution in [0.3, 0.4) is 0 Å². The van der Waals surface area contributed by atoms with E-state index in [2.05, 4.69) is 110 Å². The van der Waals surface area contributed by atoms with Gasteiger partial charge >= 0.3 is 0 Å². The Kier molecular flexibility index (Phi) is 9.84. The SMILES string of the molecule is CCCCCCCCc1ccsc1C(C)=CC=C(C)N(c1ccccc1)c1ccccc1. The van der Waals surface area contributed by atoms with Crippen molar-refractivity contribution < 1.29 is 0 Å². The topological polar surface area (TPSA) is 3.24 Å². The molecule has 0 saturated heterocycles. The molecule has 0 N–H and O–H groups in total. The summed E-state index contributed by atoms with van der Waals surface area (Å²) < 4.78 is 0. The van der Waals surface area contributed by atoms with Crippen LogP contribution in [-0.4, -0.2) is 0 Å². The molecule has 0 aliphatic carbocycles. The molecule has 32 heavy (non-hydrogen) atoms. The summed E-state index contributed by atoms with van der Waals surface area (Å²) in [6.45, 7) is 6.72. The molecule has 0 aliphatic heterocycles. The maximum Gasteiger partial charge on any atom is 0.0458 e. The van der Waals surface area contributed by atoms with Crippen molar-refractivity contribution in [2.45, 2.75) is 65.7 Å². The minimum Gasteiger partial charge on any atom is -0.315 e. The fourth-order valence-electron chi connectivity index (χ4n) is 4.08. The van der Waals surface area contributed by atoms with E-state index in [1.54, 1.807) is 0 Å². The van der Waals surface area contributed by atoms with E-state index in [0.29, 0.717) is 0 Å². The lowest BCUT2D eigenvalue weighted by Crippen LogP contribution is -2.13. The third kappa shape index (κ3) is 6.97. The number of para-hydroxylation sites is 2. The van der Waals surface area contributed by atoms with Gasteiger partial charge in [-0.25, -0.2) is 0 Å². The van der Waals surface area contributed by atoms with Crippen LogP contribution in [0.15, 0.2) is 90.0 Å². The van der Waals surface area contributed by atoms with E-state index < -0.39 is 0 Å². The Morgan fingerprint density at radius 3 is 1.97 bits per heavy atom. The molecule has 0 saturated carbocycles. The monoisotopic (exact) mass is 443 g/mol. The second-order valence-electron chi connectivity index (χ2n) is 8.46. The third-order valence-corrected chi connectivity index (χ3v) is 6.95. The molecular formula is C30H37NS. The van der Waals surface area contributed by atoms with Crippen LogP contribution in [0, 0.1) is 0 Å². The van der Waals surface area contributed by atoms with E-state index in [1.807, 2.05) is 11.3 Å². The molecule has 3 aromatic rings. The van der Waals surface area contributed by atoms with E-state index in [1.165, 1.54) is 78.0 Å². The largest absolute Gasteiger partial charge is 0.315 e. The van der Waals surface area contributed by atoms with Crippen LogP contribution in [0.25, 0.3) is 5.57 Å². The molecule has 168 valence electrons. The van der Waals surface area contributed by atoms with Crippen molar-refractivity contribution in [1.82, 2.24) is 0 Å². The van der Waals surface area contributed by atoms with Crippen molar-refractivity contribution in [3.05, 3.63) is 100 Å². The van der Waals surface area contributed by atoms with Gasteiger partial charge in [0.25, 0.3) is 0 Å². The van der Waals surface area contributed by atoms with Gasteiger partial charge in [-0.05, 0) is 79.6 Å². The van der Waals surface area contributed by atoms with Crippen LogP contribution >= 0.6 is 11.3 Å². The molecule has 0 amide bonds. The third-order valence-electron chi connectivity index (χ3n) is 5.86. The standard InChI is InChI=1S/C30H37NS/c1-4-5-6-7-8-11-16-27-23-24-32-30(27)25(2)21-22-26(3)31(28-17-12-9-13-18-28)29-19-14-10-15-20-29/h9-10,12-15,17-24H,4-8,11,16H2,1-3H3. The minimum atomic E-state index is 1.18. The normalized spacial score (nSPS) is 12.2. The highest BCUT2D eigenvalue weighted by Crippen LogP contribution is 2.31. The average Bonchev–Trinajstić information content (AvgIpc) is 3.30. The molecule has 0 fully saturated rings. The van der Waals surface area contributed by atoms with E-state index in [4.69, 9.17) is 0 Å². The second-order valence-corrected chi connectivity index (χ2v) is 9.37. The summed E-state index contributed by atoms with van der Waals surface area (Å²) in [4.78, 5) is 3.75. The highest BCUT2D eigenvalue weighted by Gasteiger charge is 2.11. The van der Waals surface area contributed by atoms with Crippen LogP contribution in [-0.2, 0) is 6.42 Å². The van der Waals surface area contributed by atoms with Gasteiger partial charge in [-0.2, -0.15) is 0 Å². The quantitative estimate of drug-likeness (QED) is 0.199. The zero-order valence-corrected chi connectivity index (χ0v) is 20.7. The maximum atomic E-state index is 2.32. The van der Waals surface area contributed by atoms with Gasteiger partial charge in [0, 0.05) is 21.9 Å². The predicted molar refractivity (Wildman–Crippen MR) is 144 cm³/mol. The van der Waals surface area contributed by atoms with Gasteiger partial charge in [-0.15, -0.1) is 11.3 Å². The second kappa shape index (κ2) is 13.1. The van der Waals surface area contributed by atoms with Crippen molar-refractivity contribution in [3.63, 3.8) is 0 Å². The first-order chi connectivity index (χ1) is 15.7. The zero-order chi connectivity index (χ0) is 22.6. The van der Waals surface area contributed by atoms with Gasteiger partial charge in [0.05, 0.1) is 0 Å². The van der Waals surface area contributed by atoms with Crippen LogP contribution < -0.4 is 4.90 Å². The number of hydrogen-bond acceptors (Lipinski definition) is 2. The Labute approximate surface area is 199 Å². The van der Waals surface area contributed by atoms with Gasteiger partial charge in [0.15, 0.2) is 0 Å². The van der Waals surface area contributed by atoms with E-state index in [9.17, 15) is 0 Å². The highest BCUT2D eigenvalue weighted by atomic mass is 32.1. The lowest BCUT2D eigenvalue weighted by atomic mass is 10.0. The zero-order valence-electron chi connectivity index (χ0n) is 19.9. The molecular weight excluding hydrogens is 406 g/mol. The molecule has 0 unspecified atom stereocenters. The minimum absolute atomic E-state index is 1.18. The fourth-order valence-corrected chi connectivity index (χ4v) is 5.02. The number of unbranched alkanes of at least 4 members (excludes halogenated alkanes) is 5. The first-order valence-electron chi connectivity index (χ1n) is 12.0. The van der Waals surface area contributed by atoms with Crippen molar-refractivity contribution in [2.75, 3.05) is 4.90 Å². The van der Waals surface area contributed by atoms with Crippen LogP contribution in [0.2, 0.25) is 0 Å². The van der Waals surface area contributed by atoms with E-state index >= 15 is 0 Å². The summed E-state index contributed by atoms with van der Waals surface area (Å²) in [5.41, 5.74) is 6.42. The van der Waals surface area contributed by atoms with Gasteiger partial charge in [0.2, 0.25) is 0 Å². The van der Waals surface area contributed by atoms with Crippen LogP contribution in [0.4, 0.5) is 11.4 Å². The van der Waals surface area contributed by atoms with Crippen molar-refractivity contribution >= 4 is 28.3 Å². The summed E-state index contributed by atoms with van der Waals surface area (Å²) >= 11 is 1.87. The lowest BCUT2D eigenvalue weighted by Gasteiger charge is -2.25. The lowest BCUT2D eigenvalue weighted by molar-refractivity contribution is 0.607. The fraction of sp³-hybridized carbons (Fsp3) is 0.333. The van der Waals surface area contributed by atoms with E-state index in [0.717, 1.165) is 0 Å². The van der Waals surface area contributed by atoms with Gasteiger partial charge in [-0.1, -0.05) is 81.5 Å². The molecule has 2 aromatic carbocycles. The molecule has 2 heteroatoms. The molecule has 0 bridgehead atoms. The number of nitrogens with zero attached hydrogens (tertiary/aromatic N) is 1. The van der Waals surface area contributed by atoms with Crippen LogP contribution in [0.5, 0.6) is 0 Å². The van der Waals surface area contributed by atoms with Crippen molar-refractivity contribution in [2.24, 2.45) is 0 Å². The first-order valence-corrected chi connectivity index (χ1v) is 12.9. The Bertz CT molecular complexity index is 942. The van der Waals surface area contributed by atoms with Crippen LogP contribution in [0.1, 0.15) is 69.7 Å². The Morgan fingerprint density at radius 2 is 1.34 bits per heavy atom. The van der Waals surface area contributed by atoms with Gasteiger partial charge in [-0.3, -0.25) is 0 Å². The summed E-state index contributed by atoms with van der Waals surface area (Å²) in [6.07, 6.45) is 13.8. The number of anilines is 2. The maximum absolute atomic E-state index is 2.32. The average molecular weight is 444 g/mol. The molecule has 0 atom stereocenters. The Morgan fingerprint density at radius 1 is 0.750 bits per heavy atom. The predicted octanol–water partition coefficient (Wildman–Crippen LogP) is 9.80. The molecule has 3 rings (SSSR count). The number of rotatable bonds is 12.